The standard InChI is InChI=1S/C17H23NOS/c1-2-19-16-8-10-17(11-9-16)20-15-7-6-14-18-12-4-3-5-13-18/h8-11H,2-5,12-15H2,1H3. The molecule has 2 rings (SSSR count). The average Bonchev–Trinajstić information content (AvgIpc) is 2.50. The zero-order chi connectivity index (χ0) is 14.0. The molecule has 108 valence electrons. The molecule has 0 aromatic heterocycles. The minimum atomic E-state index is 0.717. The van der Waals surface area contributed by atoms with E-state index in [1.807, 2.05) is 19.1 Å². The number of nitrogens with zero attached hydrogens (tertiary/aromatic N) is 1. The summed E-state index contributed by atoms with van der Waals surface area (Å²) < 4.78 is 5.43. The van der Waals surface area contributed by atoms with Crippen LogP contribution in [0.15, 0.2) is 29.2 Å². The highest BCUT2D eigenvalue weighted by molar-refractivity contribution is 7.99. The summed E-state index contributed by atoms with van der Waals surface area (Å²) in [6, 6.07) is 8.24. The number of hydrogen-bond donors (Lipinski definition) is 0. The second-order valence-corrected chi connectivity index (χ2v) is 5.93. The molecule has 1 aliphatic heterocycles. The van der Waals surface area contributed by atoms with Gasteiger partial charge >= 0.3 is 0 Å². The fraction of sp³-hybridized carbons (Fsp3) is 0.529. The van der Waals surface area contributed by atoms with Crippen LogP contribution in [0.5, 0.6) is 5.75 Å². The molecule has 1 saturated heterocycles. The molecule has 0 amide bonds. The van der Waals surface area contributed by atoms with E-state index in [1.165, 1.54) is 37.2 Å². The van der Waals surface area contributed by atoms with Crippen molar-refractivity contribution < 1.29 is 4.74 Å². The lowest BCUT2D eigenvalue weighted by Gasteiger charge is -2.23. The fourth-order valence-corrected chi connectivity index (χ4v) is 2.92. The Morgan fingerprint density at radius 3 is 2.55 bits per heavy atom. The SMILES string of the molecule is CCOc1ccc(SCC#CCN2CCCCC2)cc1. The molecule has 2 nitrogen and oxygen atoms in total. The van der Waals surface area contributed by atoms with E-state index in [9.17, 15) is 0 Å². The quantitative estimate of drug-likeness (QED) is 0.606. The predicted octanol–water partition coefficient (Wildman–Crippen LogP) is 3.67. The van der Waals surface area contributed by atoms with Gasteiger partial charge in [-0.15, -0.1) is 11.8 Å². The summed E-state index contributed by atoms with van der Waals surface area (Å²) in [6.07, 6.45) is 4.06. The third-order valence-corrected chi connectivity index (χ3v) is 4.22. The van der Waals surface area contributed by atoms with Crippen LogP contribution in [0.4, 0.5) is 0 Å². The Bertz CT molecular complexity index is 440. The molecule has 0 aliphatic carbocycles. The number of rotatable bonds is 5. The lowest BCUT2D eigenvalue weighted by atomic mass is 10.1. The summed E-state index contributed by atoms with van der Waals surface area (Å²) in [7, 11) is 0. The Morgan fingerprint density at radius 2 is 1.85 bits per heavy atom. The van der Waals surface area contributed by atoms with Crippen LogP contribution in [-0.2, 0) is 0 Å². The topological polar surface area (TPSA) is 12.5 Å². The van der Waals surface area contributed by atoms with Crippen molar-refractivity contribution >= 4 is 11.8 Å². The van der Waals surface area contributed by atoms with Crippen molar-refractivity contribution in [1.29, 1.82) is 0 Å². The van der Waals surface area contributed by atoms with Crippen molar-refractivity contribution in [3.8, 4) is 17.6 Å². The van der Waals surface area contributed by atoms with Gasteiger partial charge in [0.15, 0.2) is 0 Å². The summed E-state index contributed by atoms with van der Waals surface area (Å²) in [4.78, 5) is 3.71. The molecule has 0 spiro atoms. The molecule has 0 N–H and O–H groups in total. The first kappa shape index (κ1) is 15.3. The summed E-state index contributed by atoms with van der Waals surface area (Å²) in [6.45, 7) is 6.10. The number of hydrogen-bond acceptors (Lipinski definition) is 3. The highest BCUT2D eigenvalue weighted by Gasteiger charge is 2.07. The molecule has 3 heteroatoms. The molecular weight excluding hydrogens is 266 g/mol. The average molecular weight is 289 g/mol. The minimum Gasteiger partial charge on any atom is -0.494 e. The van der Waals surface area contributed by atoms with E-state index in [-0.39, 0.29) is 0 Å². The number of ether oxygens (including phenoxy) is 1. The van der Waals surface area contributed by atoms with Crippen molar-refractivity contribution in [2.24, 2.45) is 0 Å². The van der Waals surface area contributed by atoms with Crippen LogP contribution in [-0.4, -0.2) is 36.9 Å². The molecule has 20 heavy (non-hydrogen) atoms. The van der Waals surface area contributed by atoms with E-state index in [1.54, 1.807) is 11.8 Å². The summed E-state index contributed by atoms with van der Waals surface area (Å²) in [5.74, 6) is 8.35. The summed E-state index contributed by atoms with van der Waals surface area (Å²) in [5, 5.41) is 0. The number of piperidine rings is 1. The first-order valence-corrected chi connectivity index (χ1v) is 8.41. The van der Waals surface area contributed by atoms with Crippen LogP contribution in [0.1, 0.15) is 26.2 Å². The third kappa shape index (κ3) is 5.48. The van der Waals surface area contributed by atoms with Crippen LogP contribution >= 0.6 is 11.8 Å². The van der Waals surface area contributed by atoms with Gasteiger partial charge in [0.1, 0.15) is 5.75 Å². The molecule has 0 unspecified atom stereocenters. The first-order chi connectivity index (χ1) is 9.88. The normalized spacial score (nSPS) is 15.4. The monoisotopic (exact) mass is 289 g/mol. The number of benzene rings is 1. The van der Waals surface area contributed by atoms with E-state index in [0.717, 1.165) is 18.0 Å². The van der Waals surface area contributed by atoms with Gasteiger partial charge in [-0.2, -0.15) is 0 Å². The van der Waals surface area contributed by atoms with Gasteiger partial charge in [-0.05, 0) is 57.1 Å². The minimum absolute atomic E-state index is 0.717. The molecule has 1 heterocycles. The Hall–Kier alpha value is -1.11. The zero-order valence-corrected chi connectivity index (χ0v) is 13.0. The molecule has 0 bridgehead atoms. The number of thioether (sulfide) groups is 1. The van der Waals surface area contributed by atoms with Gasteiger partial charge in [-0.25, -0.2) is 0 Å². The summed E-state index contributed by atoms with van der Waals surface area (Å²) in [5.41, 5.74) is 0. The van der Waals surface area contributed by atoms with E-state index >= 15 is 0 Å². The highest BCUT2D eigenvalue weighted by atomic mass is 32.2. The Kier molecular flexibility index (Phi) is 6.83. The van der Waals surface area contributed by atoms with Crippen molar-refractivity contribution in [3.63, 3.8) is 0 Å². The van der Waals surface area contributed by atoms with Crippen LogP contribution in [0.25, 0.3) is 0 Å². The van der Waals surface area contributed by atoms with Crippen molar-refractivity contribution in [3.05, 3.63) is 24.3 Å². The molecule has 0 saturated carbocycles. The zero-order valence-electron chi connectivity index (χ0n) is 12.2. The van der Waals surface area contributed by atoms with E-state index in [2.05, 4.69) is 28.9 Å². The molecule has 1 fully saturated rings. The lowest BCUT2D eigenvalue weighted by Crippen LogP contribution is -2.29. The van der Waals surface area contributed by atoms with Gasteiger partial charge in [-0.1, -0.05) is 18.3 Å². The number of likely N-dealkylation sites (tertiary alicyclic amines) is 1. The molecular formula is C17H23NOS. The lowest BCUT2D eigenvalue weighted by molar-refractivity contribution is 0.255. The third-order valence-electron chi connectivity index (χ3n) is 3.32. The molecule has 1 aromatic rings. The molecule has 0 atom stereocenters. The maximum Gasteiger partial charge on any atom is 0.119 e. The molecule has 1 aliphatic rings. The smallest absolute Gasteiger partial charge is 0.119 e. The Balaban J connectivity index is 1.67. The van der Waals surface area contributed by atoms with Crippen LogP contribution in [0.3, 0.4) is 0 Å². The molecule has 1 aromatic carbocycles. The van der Waals surface area contributed by atoms with Crippen molar-refractivity contribution in [2.45, 2.75) is 31.1 Å². The van der Waals surface area contributed by atoms with Crippen molar-refractivity contribution in [1.82, 2.24) is 4.90 Å². The Morgan fingerprint density at radius 1 is 1.10 bits per heavy atom. The predicted molar refractivity (Wildman–Crippen MR) is 86.4 cm³/mol. The van der Waals surface area contributed by atoms with Crippen LogP contribution < -0.4 is 4.74 Å². The summed E-state index contributed by atoms with van der Waals surface area (Å²) >= 11 is 1.79. The second kappa shape index (κ2) is 8.94. The molecule has 0 radical (unpaired) electrons. The van der Waals surface area contributed by atoms with Gasteiger partial charge in [0.05, 0.1) is 18.9 Å². The van der Waals surface area contributed by atoms with Crippen molar-refractivity contribution in [2.75, 3.05) is 32.0 Å². The van der Waals surface area contributed by atoms with Gasteiger partial charge < -0.3 is 4.74 Å². The van der Waals surface area contributed by atoms with E-state index in [0.29, 0.717) is 6.61 Å². The fourth-order valence-electron chi connectivity index (χ4n) is 2.25. The van der Waals surface area contributed by atoms with Gasteiger partial charge in [0, 0.05) is 4.90 Å². The van der Waals surface area contributed by atoms with Crippen LogP contribution in [0, 0.1) is 11.8 Å². The second-order valence-electron chi connectivity index (χ2n) is 4.88. The maximum absolute atomic E-state index is 5.43. The first-order valence-electron chi connectivity index (χ1n) is 7.42. The largest absolute Gasteiger partial charge is 0.494 e. The van der Waals surface area contributed by atoms with Gasteiger partial charge in [-0.3, -0.25) is 4.90 Å². The van der Waals surface area contributed by atoms with Crippen LogP contribution in [0.2, 0.25) is 0 Å². The van der Waals surface area contributed by atoms with Gasteiger partial charge in [0.25, 0.3) is 0 Å². The Labute approximate surface area is 126 Å². The van der Waals surface area contributed by atoms with E-state index in [4.69, 9.17) is 4.74 Å². The van der Waals surface area contributed by atoms with Gasteiger partial charge in [0.2, 0.25) is 0 Å². The highest BCUT2D eigenvalue weighted by Crippen LogP contribution is 2.20. The maximum atomic E-state index is 5.43. The van der Waals surface area contributed by atoms with E-state index < -0.39 is 0 Å².